The van der Waals surface area contributed by atoms with Crippen molar-refractivity contribution >= 4 is 22.9 Å². The van der Waals surface area contributed by atoms with E-state index in [4.69, 9.17) is 4.74 Å². The molecule has 0 amide bonds. The molecule has 1 N–H and O–H groups in total. The molecule has 0 atom stereocenters. The van der Waals surface area contributed by atoms with Gasteiger partial charge >= 0.3 is 6.09 Å². The van der Waals surface area contributed by atoms with Gasteiger partial charge in [0.15, 0.2) is 5.82 Å². The summed E-state index contributed by atoms with van der Waals surface area (Å²) < 4.78 is 19.7. The number of ether oxygens (including phenoxy) is 1. The van der Waals surface area contributed by atoms with Crippen molar-refractivity contribution in [2.75, 3.05) is 11.9 Å². The number of rotatable bonds is 5. The fourth-order valence-electron chi connectivity index (χ4n) is 3.67. The molecular formula is C29H25FN8O2. The van der Waals surface area contributed by atoms with E-state index in [1.54, 1.807) is 63.6 Å². The second kappa shape index (κ2) is 11.2. The number of nitrogens with zero attached hydrogens (tertiary/aromatic N) is 7. The van der Waals surface area contributed by atoms with Gasteiger partial charge in [-0.3, -0.25) is 4.98 Å². The van der Waals surface area contributed by atoms with Crippen molar-refractivity contribution in [3.63, 3.8) is 0 Å². The topological polar surface area (TPSA) is 121 Å². The fourth-order valence-corrected chi connectivity index (χ4v) is 3.67. The van der Waals surface area contributed by atoms with Crippen LogP contribution in [0.1, 0.15) is 37.7 Å². The van der Waals surface area contributed by atoms with E-state index in [9.17, 15) is 9.18 Å². The molecule has 0 spiro atoms. The van der Waals surface area contributed by atoms with Crippen LogP contribution in [0.4, 0.5) is 15.1 Å². The number of aromatic nitrogens is 7. The number of benzene rings is 1. The molecule has 4 aromatic heterocycles. The van der Waals surface area contributed by atoms with Gasteiger partial charge in [-0.1, -0.05) is 5.92 Å². The molecule has 0 saturated carbocycles. The molecule has 0 aliphatic carbocycles. The van der Waals surface area contributed by atoms with Crippen LogP contribution in [0.2, 0.25) is 0 Å². The lowest BCUT2D eigenvalue weighted by atomic mass is 10.1. The normalized spacial score (nSPS) is 11.1. The molecule has 40 heavy (non-hydrogen) atoms. The largest absolute Gasteiger partial charge is 0.442 e. The van der Waals surface area contributed by atoms with Gasteiger partial charge in [0.2, 0.25) is 5.95 Å². The number of fused-ring (bicyclic) bond motifs is 1. The molecule has 5 aromatic rings. The molecule has 0 aliphatic rings. The monoisotopic (exact) mass is 536 g/mol. The van der Waals surface area contributed by atoms with Crippen LogP contribution in [0.15, 0.2) is 67.3 Å². The summed E-state index contributed by atoms with van der Waals surface area (Å²) in [5, 5.41) is 8.07. The lowest BCUT2D eigenvalue weighted by molar-refractivity contribution is 0.0522. The van der Waals surface area contributed by atoms with Crippen molar-refractivity contribution in [2.45, 2.75) is 32.8 Å². The molecular weight excluding hydrogens is 511 g/mol. The smallest absolute Gasteiger partial charge is 0.435 e. The van der Waals surface area contributed by atoms with Crippen molar-refractivity contribution < 1.29 is 13.9 Å². The Morgan fingerprint density at radius 2 is 1.85 bits per heavy atom. The van der Waals surface area contributed by atoms with E-state index < -0.39 is 11.7 Å². The van der Waals surface area contributed by atoms with Gasteiger partial charge in [0.05, 0.1) is 17.9 Å². The van der Waals surface area contributed by atoms with Crippen LogP contribution in [0.5, 0.6) is 0 Å². The Balaban J connectivity index is 1.28. The van der Waals surface area contributed by atoms with Gasteiger partial charge < -0.3 is 10.1 Å². The summed E-state index contributed by atoms with van der Waals surface area (Å²) in [4.78, 5) is 34.1. The van der Waals surface area contributed by atoms with Crippen molar-refractivity contribution in [3.8, 4) is 23.4 Å². The zero-order chi connectivity index (χ0) is 28.1. The lowest BCUT2D eigenvalue weighted by Crippen LogP contribution is -2.27. The lowest BCUT2D eigenvalue weighted by Gasteiger charge is -2.19. The maximum atomic E-state index is 13.0. The molecule has 0 bridgehead atoms. The standard InChI is InChI=1S/C29H25FN8O2/c1-29(2,3)40-28(39)38-25-9-5-19(16-20(25)17-35-38)4-7-23-11-13-31-26(36-23)24-12-15-33-27(37-24)32-14-10-22-8-6-21(30)18-34-22/h5-6,8-9,11-13,15-18H,10,14H2,1-3H3,(H,32,33,37). The first kappa shape index (κ1) is 26.4. The van der Waals surface area contributed by atoms with E-state index in [-0.39, 0.29) is 5.82 Å². The molecule has 11 heteroatoms. The second-order valence-electron chi connectivity index (χ2n) is 9.74. The minimum absolute atomic E-state index is 0.368. The Morgan fingerprint density at radius 3 is 2.65 bits per heavy atom. The number of hydrogen-bond acceptors (Lipinski definition) is 9. The third-order valence-electron chi connectivity index (χ3n) is 5.46. The Labute approximate surface area is 229 Å². The van der Waals surface area contributed by atoms with Crippen molar-refractivity contribution in [1.29, 1.82) is 0 Å². The van der Waals surface area contributed by atoms with Gasteiger partial charge in [0, 0.05) is 42.0 Å². The van der Waals surface area contributed by atoms with Crippen LogP contribution < -0.4 is 5.32 Å². The first-order valence-corrected chi connectivity index (χ1v) is 12.5. The maximum Gasteiger partial charge on any atom is 0.435 e. The predicted octanol–water partition coefficient (Wildman–Crippen LogP) is 4.66. The first-order valence-electron chi connectivity index (χ1n) is 12.5. The van der Waals surface area contributed by atoms with Gasteiger partial charge in [-0.05, 0) is 69.2 Å². The summed E-state index contributed by atoms with van der Waals surface area (Å²) in [5.41, 5.74) is 2.56. The Kier molecular flexibility index (Phi) is 7.41. The molecule has 0 saturated heterocycles. The Hall–Kier alpha value is -5.24. The third kappa shape index (κ3) is 6.60. The average molecular weight is 537 g/mol. The second-order valence-corrected chi connectivity index (χ2v) is 9.74. The van der Waals surface area contributed by atoms with E-state index in [0.717, 1.165) is 16.6 Å². The number of carbonyl (C=O) groups excluding carboxylic acids is 1. The molecule has 1 aromatic carbocycles. The minimum atomic E-state index is -0.621. The van der Waals surface area contributed by atoms with Gasteiger partial charge in [-0.15, -0.1) is 0 Å². The van der Waals surface area contributed by atoms with Crippen LogP contribution in [0.25, 0.3) is 22.4 Å². The number of hydrogen-bond donors (Lipinski definition) is 1. The van der Waals surface area contributed by atoms with E-state index in [0.29, 0.717) is 41.6 Å². The molecule has 200 valence electrons. The highest BCUT2D eigenvalue weighted by Gasteiger charge is 2.20. The molecule has 0 fully saturated rings. The number of halogens is 1. The number of nitrogens with one attached hydrogen (secondary N) is 1. The third-order valence-corrected chi connectivity index (χ3v) is 5.46. The summed E-state index contributed by atoms with van der Waals surface area (Å²) in [7, 11) is 0. The van der Waals surface area contributed by atoms with E-state index in [1.165, 1.54) is 16.9 Å². The van der Waals surface area contributed by atoms with Crippen molar-refractivity contribution in [2.24, 2.45) is 0 Å². The minimum Gasteiger partial charge on any atom is -0.442 e. The van der Waals surface area contributed by atoms with E-state index in [1.807, 2.05) is 12.1 Å². The Bertz CT molecular complexity index is 1730. The van der Waals surface area contributed by atoms with Gasteiger partial charge in [0.25, 0.3) is 0 Å². The highest BCUT2D eigenvalue weighted by Crippen LogP contribution is 2.18. The van der Waals surface area contributed by atoms with Gasteiger partial charge in [0.1, 0.15) is 22.8 Å². The van der Waals surface area contributed by atoms with Crippen LogP contribution in [0.3, 0.4) is 0 Å². The van der Waals surface area contributed by atoms with Crippen molar-refractivity contribution in [3.05, 3.63) is 90.0 Å². The van der Waals surface area contributed by atoms with Crippen LogP contribution in [0, 0.1) is 17.7 Å². The molecule has 0 aliphatic heterocycles. The zero-order valence-corrected chi connectivity index (χ0v) is 22.1. The van der Waals surface area contributed by atoms with E-state index in [2.05, 4.69) is 47.2 Å². The highest BCUT2D eigenvalue weighted by atomic mass is 19.1. The summed E-state index contributed by atoms with van der Waals surface area (Å²) in [5.74, 6) is 6.61. The molecule has 0 unspecified atom stereocenters. The molecule has 5 rings (SSSR count). The maximum absolute atomic E-state index is 13.0. The van der Waals surface area contributed by atoms with Crippen LogP contribution >= 0.6 is 0 Å². The molecule has 0 radical (unpaired) electrons. The summed E-state index contributed by atoms with van der Waals surface area (Å²) in [6, 6.07) is 11.9. The highest BCUT2D eigenvalue weighted by molar-refractivity contribution is 5.88. The van der Waals surface area contributed by atoms with Gasteiger partial charge in [-0.25, -0.2) is 29.1 Å². The quantitative estimate of drug-likeness (QED) is 0.320. The molecule has 10 nitrogen and oxygen atoms in total. The first-order chi connectivity index (χ1) is 19.2. The SMILES string of the molecule is CC(C)(C)OC(=O)n1ncc2cc(C#Cc3ccnc(-c4ccnc(NCCc5ccc(F)cn5)n4)n3)ccc21. The number of carbonyl (C=O) groups is 1. The number of anilines is 1. The molecule has 4 heterocycles. The fraction of sp³-hybridized carbons (Fsp3) is 0.207. The zero-order valence-electron chi connectivity index (χ0n) is 22.1. The van der Waals surface area contributed by atoms with E-state index >= 15 is 0 Å². The predicted molar refractivity (Wildman–Crippen MR) is 147 cm³/mol. The Morgan fingerprint density at radius 1 is 1.00 bits per heavy atom. The summed E-state index contributed by atoms with van der Waals surface area (Å²) in [6.07, 6.45) is 6.08. The summed E-state index contributed by atoms with van der Waals surface area (Å²) in [6.45, 7) is 5.94. The average Bonchev–Trinajstić information content (AvgIpc) is 3.36. The van der Waals surface area contributed by atoms with Crippen LogP contribution in [-0.2, 0) is 11.2 Å². The van der Waals surface area contributed by atoms with Gasteiger partial charge in [-0.2, -0.15) is 9.78 Å². The van der Waals surface area contributed by atoms with Crippen molar-refractivity contribution in [1.82, 2.24) is 34.7 Å². The number of pyridine rings is 1. The van der Waals surface area contributed by atoms with Crippen LogP contribution in [-0.4, -0.2) is 52.9 Å². The summed E-state index contributed by atoms with van der Waals surface area (Å²) >= 11 is 0.